The highest BCUT2D eigenvalue weighted by Gasteiger charge is 2.25. The molecule has 0 aliphatic rings. The summed E-state index contributed by atoms with van der Waals surface area (Å²) in [5.74, 6) is -4.21. The SMILES string of the molecule is CC(C)CC(NC(=O)CNC(=O)C(CCCCN)NC(=O)C(N)CCC(=O)O)C(=O)O. The minimum atomic E-state index is -1.17. The number of hydrogen-bond acceptors (Lipinski definition) is 7. The van der Waals surface area contributed by atoms with Gasteiger partial charge in [0.2, 0.25) is 17.7 Å². The van der Waals surface area contributed by atoms with Gasteiger partial charge in [0.1, 0.15) is 12.1 Å². The standard InChI is InChI=1S/C19H35N5O7/c1-11(2)9-14(19(30)31)23-15(25)10-22-18(29)13(5-3-4-8-20)24-17(28)12(21)6-7-16(26)27/h11-14H,3-10,20-21H2,1-2H3,(H,22,29)(H,23,25)(H,24,28)(H,26,27)(H,30,31). The molecule has 0 aliphatic carbocycles. The molecule has 9 N–H and O–H groups in total. The van der Waals surface area contributed by atoms with Crippen molar-refractivity contribution in [2.24, 2.45) is 17.4 Å². The molecule has 0 aromatic heterocycles. The summed E-state index contributed by atoms with van der Waals surface area (Å²) in [6, 6.07) is -3.16. The maximum atomic E-state index is 12.5. The Bertz CT molecular complexity index is 627. The van der Waals surface area contributed by atoms with Crippen LogP contribution in [0.3, 0.4) is 0 Å². The summed E-state index contributed by atoms with van der Waals surface area (Å²) in [6.07, 6.45) is 1.24. The summed E-state index contributed by atoms with van der Waals surface area (Å²) < 4.78 is 0. The Hall–Kier alpha value is -2.73. The summed E-state index contributed by atoms with van der Waals surface area (Å²) in [5.41, 5.74) is 11.1. The lowest BCUT2D eigenvalue weighted by Gasteiger charge is -2.21. The van der Waals surface area contributed by atoms with E-state index in [1.807, 2.05) is 13.8 Å². The van der Waals surface area contributed by atoms with Crippen LogP contribution in [-0.4, -0.2) is 71.1 Å². The number of carboxylic acids is 2. The lowest BCUT2D eigenvalue weighted by Crippen LogP contribution is -2.53. The van der Waals surface area contributed by atoms with Crippen LogP contribution in [0.1, 0.15) is 52.4 Å². The number of nitrogens with two attached hydrogens (primary N) is 2. The second-order valence-corrected chi connectivity index (χ2v) is 7.69. The van der Waals surface area contributed by atoms with E-state index in [4.69, 9.17) is 16.6 Å². The molecular weight excluding hydrogens is 410 g/mol. The molecule has 0 heterocycles. The number of nitrogens with one attached hydrogen (secondary N) is 3. The molecule has 0 fully saturated rings. The van der Waals surface area contributed by atoms with Gasteiger partial charge in [-0.1, -0.05) is 13.8 Å². The van der Waals surface area contributed by atoms with Crippen LogP contribution >= 0.6 is 0 Å². The first kappa shape index (κ1) is 28.3. The molecule has 0 aromatic carbocycles. The van der Waals surface area contributed by atoms with Crippen molar-refractivity contribution in [2.45, 2.75) is 70.5 Å². The molecule has 0 bridgehead atoms. The normalized spacial score (nSPS) is 13.7. The number of amides is 3. The number of aliphatic carboxylic acids is 2. The molecule has 0 aromatic rings. The third-order valence-electron chi connectivity index (χ3n) is 4.35. The van der Waals surface area contributed by atoms with Gasteiger partial charge in [-0.2, -0.15) is 0 Å². The van der Waals surface area contributed by atoms with Gasteiger partial charge in [0.15, 0.2) is 0 Å². The van der Waals surface area contributed by atoms with Gasteiger partial charge in [-0.05, 0) is 44.6 Å². The number of unbranched alkanes of at least 4 members (excludes halogenated alkanes) is 1. The summed E-state index contributed by atoms with van der Waals surface area (Å²) >= 11 is 0. The van der Waals surface area contributed by atoms with Gasteiger partial charge in [-0.3, -0.25) is 19.2 Å². The Kier molecular flexibility index (Phi) is 13.8. The number of carbonyl (C=O) groups excluding carboxylic acids is 3. The van der Waals surface area contributed by atoms with E-state index in [0.29, 0.717) is 19.4 Å². The fraction of sp³-hybridized carbons (Fsp3) is 0.737. The number of hydrogen-bond donors (Lipinski definition) is 7. The molecule has 3 amide bonds. The van der Waals surface area contributed by atoms with Crippen molar-refractivity contribution in [1.82, 2.24) is 16.0 Å². The molecule has 12 nitrogen and oxygen atoms in total. The maximum Gasteiger partial charge on any atom is 0.326 e. The van der Waals surface area contributed by atoms with Gasteiger partial charge in [-0.25, -0.2) is 4.79 Å². The molecule has 3 unspecified atom stereocenters. The van der Waals surface area contributed by atoms with E-state index >= 15 is 0 Å². The molecule has 0 rings (SSSR count). The van der Waals surface area contributed by atoms with E-state index < -0.39 is 54.3 Å². The van der Waals surface area contributed by atoms with Crippen molar-refractivity contribution in [1.29, 1.82) is 0 Å². The number of carbonyl (C=O) groups is 5. The zero-order valence-corrected chi connectivity index (χ0v) is 18.1. The topological polar surface area (TPSA) is 214 Å². The zero-order valence-electron chi connectivity index (χ0n) is 18.1. The molecule has 12 heteroatoms. The van der Waals surface area contributed by atoms with Crippen LogP contribution < -0.4 is 27.4 Å². The molecule has 0 aliphatic heterocycles. The van der Waals surface area contributed by atoms with Crippen molar-refractivity contribution < 1.29 is 34.2 Å². The summed E-state index contributed by atoms with van der Waals surface area (Å²) in [6.45, 7) is 3.57. The monoisotopic (exact) mass is 445 g/mol. The van der Waals surface area contributed by atoms with E-state index in [1.54, 1.807) is 0 Å². The lowest BCUT2D eigenvalue weighted by atomic mass is 10.0. The van der Waals surface area contributed by atoms with E-state index in [0.717, 1.165) is 0 Å². The zero-order chi connectivity index (χ0) is 24.0. The van der Waals surface area contributed by atoms with Gasteiger partial charge < -0.3 is 37.6 Å². The van der Waals surface area contributed by atoms with Gasteiger partial charge in [0.25, 0.3) is 0 Å². The Labute approximate surface area is 181 Å². The fourth-order valence-corrected chi connectivity index (χ4v) is 2.68. The molecule has 3 atom stereocenters. The van der Waals surface area contributed by atoms with Crippen LogP contribution in [0.2, 0.25) is 0 Å². The average Bonchev–Trinajstić information content (AvgIpc) is 2.68. The average molecular weight is 446 g/mol. The van der Waals surface area contributed by atoms with Crippen molar-refractivity contribution in [3.8, 4) is 0 Å². The lowest BCUT2D eigenvalue weighted by molar-refractivity contribution is -0.142. The van der Waals surface area contributed by atoms with Gasteiger partial charge in [-0.15, -0.1) is 0 Å². The summed E-state index contributed by atoms with van der Waals surface area (Å²) in [4.78, 5) is 58.6. The van der Waals surface area contributed by atoms with Gasteiger partial charge >= 0.3 is 11.9 Å². The molecular formula is C19H35N5O7. The third-order valence-corrected chi connectivity index (χ3v) is 4.35. The van der Waals surface area contributed by atoms with Crippen LogP contribution in [0.25, 0.3) is 0 Å². The van der Waals surface area contributed by atoms with Crippen molar-refractivity contribution >= 4 is 29.7 Å². The van der Waals surface area contributed by atoms with Crippen LogP contribution in [0, 0.1) is 5.92 Å². The molecule has 0 saturated heterocycles. The molecule has 0 radical (unpaired) electrons. The maximum absolute atomic E-state index is 12.5. The van der Waals surface area contributed by atoms with E-state index in [9.17, 15) is 29.1 Å². The third kappa shape index (κ3) is 13.2. The van der Waals surface area contributed by atoms with Gasteiger partial charge in [0.05, 0.1) is 12.6 Å². The largest absolute Gasteiger partial charge is 0.481 e. The quantitative estimate of drug-likeness (QED) is 0.138. The van der Waals surface area contributed by atoms with E-state index in [2.05, 4.69) is 16.0 Å². The van der Waals surface area contributed by atoms with Gasteiger partial charge in [0, 0.05) is 6.42 Å². The van der Waals surface area contributed by atoms with Crippen molar-refractivity contribution in [3.05, 3.63) is 0 Å². The minimum absolute atomic E-state index is 0.0449. The molecule has 31 heavy (non-hydrogen) atoms. The van der Waals surface area contributed by atoms with E-state index in [1.165, 1.54) is 0 Å². The first-order valence-corrected chi connectivity index (χ1v) is 10.3. The van der Waals surface area contributed by atoms with Crippen LogP contribution in [0.5, 0.6) is 0 Å². The Morgan fingerprint density at radius 2 is 1.55 bits per heavy atom. The predicted octanol–water partition coefficient (Wildman–Crippen LogP) is -1.48. The van der Waals surface area contributed by atoms with Crippen LogP contribution in [0.15, 0.2) is 0 Å². The molecule has 178 valence electrons. The first-order valence-electron chi connectivity index (χ1n) is 10.3. The Balaban J connectivity index is 4.85. The number of carboxylic acid groups (broad SMARTS) is 2. The minimum Gasteiger partial charge on any atom is -0.481 e. The first-order chi connectivity index (χ1) is 14.5. The van der Waals surface area contributed by atoms with Crippen molar-refractivity contribution in [2.75, 3.05) is 13.1 Å². The predicted molar refractivity (Wildman–Crippen MR) is 112 cm³/mol. The second-order valence-electron chi connectivity index (χ2n) is 7.69. The number of rotatable bonds is 16. The van der Waals surface area contributed by atoms with Crippen LogP contribution in [-0.2, 0) is 24.0 Å². The van der Waals surface area contributed by atoms with Crippen molar-refractivity contribution in [3.63, 3.8) is 0 Å². The van der Waals surface area contributed by atoms with Crippen LogP contribution in [0.4, 0.5) is 0 Å². The Morgan fingerprint density at radius 1 is 0.903 bits per heavy atom. The Morgan fingerprint density at radius 3 is 2.06 bits per heavy atom. The molecule has 0 saturated carbocycles. The summed E-state index contributed by atoms with van der Waals surface area (Å²) in [7, 11) is 0. The highest BCUT2D eigenvalue weighted by atomic mass is 16.4. The fourth-order valence-electron chi connectivity index (χ4n) is 2.68. The summed E-state index contributed by atoms with van der Waals surface area (Å²) in [5, 5.41) is 25.1. The molecule has 0 spiro atoms. The van der Waals surface area contributed by atoms with E-state index in [-0.39, 0.29) is 31.6 Å². The highest BCUT2D eigenvalue weighted by Crippen LogP contribution is 2.05. The smallest absolute Gasteiger partial charge is 0.326 e. The highest BCUT2D eigenvalue weighted by molar-refractivity contribution is 5.92. The second kappa shape index (κ2) is 15.1.